The highest BCUT2D eigenvalue weighted by Crippen LogP contribution is 2.08. The van der Waals surface area contributed by atoms with Gasteiger partial charge in [0.1, 0.15) is 0 Å². The minimum atomic E-state index is 0.193. The Labute approximate surface area is 133 Å². The van der Waals surface area contributed by atoms with Crippen LogP contribution in [0, 0.1) is 0 Å². The fourth-order valence-corrected chi connectivity index (χ4v) is 3.21. The molecule has 1 rings (SSSR count). The Morgan fingerprint density at radius 2 is 1.67 bits per heavy atom. The molecule has 0 aliphatic carbocycles. The van der Waals surface area contributed by atoms with Gasteiger partial charge >= 0.3 is 0 Å². The van der Waals surface area contributed by atoms with Crippen LogP contribution in [0.1, 0.15) is 27.2 Å². The minimum absolute atomic E-state index is 0.193. The molecule has 0 aromatic carbocycles. The van der Waals surface area contributed by atoms with Crippen molar-refractivity contribution in [1.82, 2.24) is 14.7 Å². The second kappa shape index (κ2) is 10.1. The lowest BCUT2D eigenvalue weighted by Gasteiger charge is -2.35. The molecule has 0 aromatic heterocycles. The smallest absolute Gasteiger partial charge is 0.236 e. The van der Waals surface area contributed by atoms with E-state index >= 15 is 0 Å². The number of hydrogen-bond donors (Lipinski definition) is 0. The highest BCUT2D eigenvalue weighted by atomic mass is 32.2. The zero-order valence-electron chi connectivity index (χ0n) is 13.6. The Morgan fingerprint density at radius 3 is 2.19 bits per heavy atom. The summed E-state index contributed by atoms with van der Waals surface area (Å²) in [5, 5.41) is 0. The molecule has 0 spiro atoms. The third-order valence-electron chi connectivity index (χ3n) is 3.77. The molecule has 1 saturated heterocycles. The van der Waals surface area contributed by atoms with Crippen LogP contribution in [0.2, 0.25) is 0 Å². The van der Waals surface area contributed by atoms with Gasteiger partial charge < -0.3 is 9.80 Å². The van der Waals surface area contributed by atoms with Crippen molar-refractivity contribution in [3.05, 3.63) is 0 Å². The number of carbonyl (C=O) groups is 2. The summed E-state index contributed by atoms with van der Waals surface area (Å²) in [5.74, 6) is 2.07. The summed E-state index contributed by atoms with van der Waals surface area (Å²) < 4.78 is 0. The fourth-order valence-electron chi connectivity index (χ4n) is 2.42. The summed E-state index contributed by atoms with van der Waals surface area (Å²) in [5.41, 5.74) is 0. The zero-order chi connectivity index (χ0) is 15.7. The molecule has 0 bridgehead atoms. The van der Waals surface area contributed by atoms with Crippen molar-refractivity contribution in [3.63, 3.8) is 0 Å². The van der Waals surface area contributed by atoms with Crippen LogP contribution in [0.3, 0.4) is 0 Å². The number of rotatable bonds is 8. The molecule has 6 heteroatoms. The predicted molar refractivity (Wildman–Crippen MR) is 88.6 cm³/mol. The second-order valence-corrected chi connectivity index (χ2v) is 6.38. The number of likely N-dealkylation sites (N-methyl/N-ethyl adjacent to an activating group) is 1. The summed E-state index contributed by atoms with van der Waals surface area (Å²) in [4.78, 5) is 30.0. The van der Waals surface area contributed by atoms with Crippen molar-refractivity contribution in [2.24, 2.45) is 0 Å². The standard InChI is InChI=1S/C15H29N3O2S/c1-4-11-21-13-15(20)18-9-7-16(8-10-18)12-14(19)17(5-2)6-3/h4-13H2,1-3H3. The first kappa shape index (κ1) is 18.3. The summed E-state index contributed by atoms with van der Waals surface area (Å²) in [7, 11) is 0. The van der Waals surface area contributed by atoms with Crippen LogP contribution in [0.15, 0.2) is 0 Å². The Hall–Kier alpha value is -0.750. The number of amides is 2. The molecule has 1 aliphatic heterocycles. The number of piperazine rings is 1. The first-order valence-electron chi connectivity index (χ1n) is 7.97. The van der Waals surface area contributed by atoms with Gasteiger partial charge in [0.15, 0.2) is 0 Å². The monoisotopic (exact) mass is 315 g/mol. The summed E-state index contributed by atoms with van der Waals surface area (Å²) >= 11 is 1.71. The van der Waals surface area contributed by atoms with Crippen LogP contribution >= 0.6 is 11.8 Å². The van der Waals surface area contributed by atoms with Crippen LogP contribution < -0.4 is 0 Å². The Bertz CT molecular complexity index is 327. The van der Waals surface area contributed by atoms with E-state index in [0.717, 1.165) is 51.4 Å². The molecule has 0 aromatic rings. The van der Waals surface area contributed by atoms with Gasteiger partial charge in [-0.2, -0.15) is 11.8 Å². The highest BCUT2D eigenvalue weighted by Gasteiger charge is 2.23. The average Bonchev–Trinajstić information content (AvgIpc) is 2.49. The van der Waals surface area contributed by atoms with Crippen LogP contribution in [0.5, 0.6) is 0 Å². The molecule has 1 aliphatic rings. The minimum Gasteiger partial charge on any atom is -0.342 e. The van der Waals surface area contributed by atoms with Crippen LogP contribution in [-0.4, -0.2) is 83.8 Å². The third-order valence-corrected chi connectivity index (χ3v) is 4.92. The van der Waals surface area contributed by atoms with Gasteiger partial charge in [0, 0.05) is 39.3 Å². The molecule has 0 saturated carbocycles. The largest absolute Gasteiger partial charge is 0.342 e. The lowest BCUT2D eigenvalue weighted by Crippen LogP contribution is -2.52. The normalized spacial score (nSPS) is 16.0. The number of nitrogens with zero attached hydrogens (tertiary/aromatic N) is 3. The quantitative estimate of drug-likeness (QED) is 0.630. The summed E-state index contributed by atoms with van der Waals surface area (Å²) in [6.45, 7) is 11.3. The molecular weight excluding hydrogens is 286 g/mol. The zero-order valence-corrected chi connectivity index (χ0v) is 14.5. The summed E-state index contributed by atoms with van der Waals surface area (Å²) in [6.07, 6.45) is 1.11. The van der Waals surface area contributed by atoms with Gasteiger partial charge in [-0.3, -0.25) is 14.5 Å². The van der Waals surface area contributed by atoms with Gasteiger partial charge in [0.05, 0.1) is 12.3 Å². The third kappa shape index (κ3) is 6.26. The molecule has 122 valence electrons. The predicted octanol–water partition coefficient (Wildman–Crippen LogP) is 1.14. The fraction of sp³-hybridized carbons (Fsp3) is 0.867. The molecule has 0 radical (unpaired) electrons. The van der Waals surface area contributed by atoms with Gasteiger partial charge in [0.25, 0.3) is 0 Å². The van der Waals surface area contributed by atoms with Gasteiger partial charge in [0.2, 0.25) is 11.8 Å². The van der Waals surface area contributed by atoms with E-state index in [1.807, 2.05) is 23.6 Å². The number of thioether (sulfide) groups is 1. The Balaban J connectivity index is 2.28. The molecule has 1 heterocycles. The van der Waals surface area contributed by atoms with Crippen molar-refractivity contribution in [3.8, 4) is 0 Å². The molecule has 2 amide bonds. The molecule has 5 nitrogen and oxygen atoms in total. The van der Waals surface area contributed by atoms with Gasteiger partial charge in [-0.05, 0) is 26.0 Å². The van der Waals surface area contributed by atoms with Crippen molar-refractivity contribution < 1.29 is 9.59 Å². The summed E-state index contributed by atoms with van der Waals surface area (Å²) in [6, 6.07) is 0. The van der Waals surface area contributed by atoms with E-state index in [2.05, 4.69) is 11.8 Å². The second-order valence-electron chi connectivity index (χ2n) is 5.28. The topological polar surface area (TPSA) is 43.9 Å². The van der Waals surface area contributed by atoms with E-state index in [1.165, 1.54) is 0 Å². The molecule has 0 unspecified atom stereocenters. The lowest BCUT2D eigenvalue weighted by atomic mass is 10.3. The lowest BCUT2D eigenvalue weighted by molar-refractivity contribution is -0.133. The van der Waals surface area contributed by atoms with Crippen molar-refractivity contribution >= 4 is 23.6 Å². The van der Waals surface area contributed by atoms with Crippen LogP contribution in [-0.2, 0) is 9.59 Å². The van der Waals surface area contributed by atoms with E-state index in [0.29, 0.717) is 12.3 Å². The van der Waals surface area contributed by atoms with E-state index < -0.39 is 0 Å². The number of carbonyl (C=O) groups excluding carboxylic acids is 2. The Kier molecular flexibility index (Phi) is 8.76. The van der Waals surface area contributed by atoms with E-state index in [-0.39, 0.29) is 11.8 Å². The maximum Gasteiger partial charge on any atom is 0.236 e. The van der Waals surface area contributed by atoms with E-state index in [9.17, 15) is 9.59 Å². The van der Waals surface area contributed by atoms with Gasteiger partial charge in [-0.15, -0.1) is 0 Å². The molecule has 21 heavy (non-hydrogen) atoms. The average molecular weight is 315 g/mol. The van der Waals surface area contributed by atoms with Crippen molar-refractivity contribution in [2.45, 2.75) is 27.2 Å². The molecular formula is C15H29N3O2S. The molecule has 1 fully saturated rings. The number of hydrogen-bond acceptors (Lipinski definition) is 4. The van der Waals surface area contributed by atoms with Gasteiger partial charge in [-0.1, -0.05) is 6.92 Å². The first-order valence-corrected chi connectivity index (χ1v) is 9.13. The first-order chi connectivity index (χ1) is 10.1. The van der Waals surface area contributed by atoms with Gasteiger partial charge in [-0.25, -0.2) is 0 Å². The van der Waals surface area contributed by atoms with Crippen molar-refractivity contribution in [1.29, 1.82) is 0 Å². The van der Waals surface area contributed by atoms with Crippen LogP contribution in [0.25, 0.3) is 0 Å². The highest BCUT2D eigenvalue weighted by molar-refractivity contribution is 7.99. The van der Waals surface area contributed by atoms with E-state index in [1.54, 1.807) is 11.8 Å². The maximum atomic E-state index is 12.1. The Morgan fingerprint density at radius 1 is 1.05 bits per heavy atom. The van der Waals surface area contributed by atoms with E-state index in [4.69, 9.17) is 0 Å². The molecule has 0 atom stereocenters. The van der Waals surface area contributed by atoms with Crippen LogP contribution in [0.4, 0.5) is 0 Å². The molecule has 0 N–H and O–H groups in total. The maximum absolute atomic E-state index is 12.1. The van der Waals surface area contributed by atoms with Crippen molar-refractivity contribution in [2.75, 3.05) is 57.3 Å². The SMILES string of the molecule is CCCSCC(=O)N1CCN(CC(=O)N(CC)CC)CC1.